The van der Waals surface area contributed by atoms with Gasteiger partial charge in [-0.3, -0.25) is 14.2 Å². The van der Waals surface area contributed by atoms with Gasteiger partial charge in [-0.05, 0) is 44.9 Å². The van der Waals surface area contributed by atoms with Crippen molar-refractivity contribution in [2.75, 3.05) is 47.5 Å². The fourth-order valence-electron chi connectivity index (χ4n) is 5.98. The highest BCUT2D eigenvalue weighted by atomic mass is 31.2. The Bertz CT molecular complexity index is 980. The number of unbranched alkanes of at least 4 members (excludes halogenated alkanes) is 22. The van der Waals surface area contributed by atoms with Gasteiger partial charge in [-0.25, -0.2) is 0 Å². The van der Waals surface area contributed by atoms with Crippen LogP contribution in [0.2, 0.25) is 0 Å². The van der Waals surface area contributed by atoms with E-state index in [9.17, 15) is 19.0 Å². The molecule has 54 heavy (non-hydrogen) atoms. The van der Waals surface area contributed by atoms with E-state index in [1.54, 1.807) is 0 Å². The molecule has 0 aromatic rings. The van der Waals surface area contributed by atoms with Crippen molar-refractivity contribution in [2.24, 2.45) is 0 Å². The Kier molecular flexibility index (Phi) is 36.1. The molecular formula is C44H84NO8P. The number of nitrogens with zero attached hydrogens (tertiary/aromatic N) is 1. The summed E-state index contributed by atoms with van der Waals surface area (Å²) in [4.78, 5) is 37.5. The minimum Gasteiger partial charge on any atom is -0.756 e. The maximum Gasteiger partial charge on any atom is 0.306 e. The molecule has 0 radical (unpaired) electrons. The second-order valence-corrected chi connectivity index (χ2v) is 17.5. The van der Waals surface area contributed by atoms with Crippen LogP contribution >= 0.6 is 7.82 Å². The Hall–Kier alpha value is -1.51. The van der Waals surface area contributed by atoms with Crippen LogP contribution in [0.1, 0.15) is 194 Å². The van der Waals surface area contributed by atoms with Crippen LogP contribution in [0.5, 0.6) is 0 Å². The molecule has 9 nitrogen and oxygen atoms in total. The molecule has 0 fully saturated rings. The fourth-order valence-corrected chi connectivity index (χ4v) is 6.71. The normalized spacial score (nSPS) is 13.8. The molecule has 10 heteroatoms. The zero-order valence-corrected chi connectivity index (χ0v) is 36.6. The number of carbonyl (C=O) groups excluding carboxylic acids is 2. The number of hydrogen-bond acceptors (Lipinski definition) is 8. The van der Waals surface area contributed by atoms with E-state index >= 15 is 0 Å². The average Bonchev–Trinajstić information content (AvgIpc) is 3.12. The van der Waals surface area contributed by atoms with Crippen molar-refractivity contribution in [1.29, 1.82) is 0 Å². The van der Waals surface area contributed by atoms with Crippen molar-refractivity contribution in [1.82, 2.24) is 0 Å². The number of hydrogen-bond donors (Lipinski definition) is 0. The molecule has 0 aliphatic heterocycles. The van der Waals surface area contributed by atoms with E-state index in [-0.39, 0.29) is 26.1 Å². The van der Waals surface area contributed by atoms with E-state index in [1.165, 1.54) is 103 Å². The third-order valence-corrected chi connectivity index (χ3v) is 10.4. The second kappa shape index (κ2) is 37.1. The number of allylic oxidation sites excluding steroid dienone is 4. The van der Waals surface area contributed by atoms with Gasteiger partial charge in [-0.1, -0.05) is 160 Å². The minimum absolute atomic E-state index is 0.0313. The van der Waals surface area contributed by atoms with Crippen LogP contribution < -0.4 is 4.89 Å². The summed E-state index contributed by atoms with van der Waals surface area (Å²) in [6, 6.07) is 0. The number of phosphoric ester groups is 1. The van der Waals surface area contributed by atoms with Crippen molar-refractivity contribution >= 4 is 19.8 Å². The maximum atomic E-state index is 12.7. The third kappa shape index (κ3) is 40.2. The molecule has 0 saturated carbocycles. The Morgan fingerprint density at radius 2 is 1.00 bits per heavy atom. The molecule has 0 aromatic carbocycles. The standard InChI is InChI=1S/C44H84NO8P/c1-6-8-10-12-14-16-18-20-22-24-26-28-30-32-34-36-43(46)50-40-42(41-52-54(48,49)51-39-38-45(3,4)5)53-44(47)37-35-33-31-29-27-25-23-21-19-17-15-13-11-9-7-2/h14,16,20,22,42H,6-13,15,17-19,21,23-41H2,1-5H3/b16-14-,22-20-/t42-/m1/s1. The van der Waals surface area contributed by atoms with E-state index in [0.717, 1.165) is 51.4 Å². The van der Waals surface area contributed by atoms with E-state index in [1.807, 2.05) is 21.1 Å². The first-order valence-electron chi connectivity index (χ1n) is 22.0. The lowest BCUT2D eigenvalue weighted by molar-refractivity contribution is -0.870. The first-order chi connectivity index (χ1) is 26.0. The molecule has 0 amide bonds. The number of esters is 2. The van der Waals surface area contributed by atoms with Crippen molar-refractivity contribution in [2.45, 2.75) is 200 Å². The van der Waals surface area contributed by atoms with Gasteiger partial charge in [0.1, 0.15) is 19.8 Å². The first kappa shape index (κ1) is 52.5. The lowest BCUT2D eigenvalue weighted by atomic mass is 10.0. The van der Waals surface area contributed by atoms with Crippen LogP contribution in [0.3, 0.4) is 0 Å². The molecule has 0 aromatic heterocycles. The van der Waals surface area contributed by atoms with Crippen LogP contribution in [-0.4, -0.2) is 70.0 Å². The Balaban J connectivity index is 4.37. The highest BCUT2D eigenvalue weighted by Gasteiger charge is 2.21. The zero-order valence-electron chi connectivity index (χ0n) is 35.7. The topological polar surface area (TPSA) is 111 Å². The van der Waals surface area contributed by atoms with E-state index in [2.05, 4.69) is 38.2 Å². The molecule has 0 aliphatic rings. The first-order valence-corrected chi connectivity index (χ1v) is 23.5. The van der Waals surface area contributed by atoms with Crippen LogP contribution in [0, 0.1) is 0 Å². The summed E-state index contributed by atoms with van der Waals surface area (Å²) in [5.74, 6) is -0.844. The van der Waals surface area contributed by atoms with Crippen LogP contribution in [0.4, 0.5) is 0 Å². The van der Waals surface area contributed by atoms with E-state index in [0.29, 0.717) is 23.9 Å². The maximum absolute atomic E-state index is 12.7. The number of carbonyl (C=O) groups is 2. The number of ether oxygens (including phenoxy) is 2. The summed E-state index contributed by atoms with van der Waals surface area (Å²) >= 11 is 0. The van der Waals surface area contributed by atoms with Crippen LogP contribution in [-0.2, 0) is 32.7 Å². The van der Waals surface area contributed by atoms with E-state index < -0.39 is 32.5 Å². The van der Waals surface area contributed by atoms with Gasteiger partial charge in [0.25, 0.3) is 7.82 Å². The number of likely N-dealkylation sites (N-methyl/N-ethyl adjacent to an activating group) is 1. The second-order valence-electron chi connectivity index (χ2n) is 16.1. The molecule has 0 saturated heterocycles. The van der Waals surface area contributed by atoms with Gasteiger partial charge in [-0.15, -0.1) is 0 Å². The summed E-state index contributed by atoms with van der Waals surface area (Å²) in [5, 5.41) is 0. The highest BCUT2D eigenvalue weighted by Crippen LogP contribution is 2.38. The molecule has 0 rings (SSSR count). The minimum atomic E-state index is -4.62. The summed E-state index contributed by atoms with van der Waals surface area (Å²) in [6.45, 7) is 4.20. The van der Waals surface area contributed by atoms with Crippen molar-refractivity contribution in [3.63, 3.8) is 0 Å². The van der Waals surface area contributed by atoms with Gasteiger partial charge in [0.2, 0.25) is 0 Å². The molecule has 0 heterocycles. The monoisotopic (exact) mass is 786 g/mol. The van der Waals surface area contributed by atoms with E-state index in [4.69, 9.17) is 18.5 Å². The predicted octanol–water partition coefficient (Wildman–Crippen LogP) is 11.7. The molecule has 1 unspecified atom stereocenters. The summed E-state index contributed by atoms with van der Waals surface area (Å²) < 4.78 is 33.9. The summed E-state index contributed by atoms with van der Waals surface area (Å²) in [5.41, 5.74) is 0. The summed E-state index contributed by atoms with van der Waals surface area (Å²) in [7, 11) is 1.16. The lowest BCUT2D eigenvalue weighted by Crippen LogP contribution is -2.37. The number of rotatable bonds is 40. The van der Waals surface area contributed by atoms with Gasteiger partial charge < -0.3 is 27.9 Å². The molecule has 0 N–H and O–H groups in total. The lowest BCUT2D eigenvalue weighted by Gasteiger charge is -2.28. The Morgan fingerprint density at radius 1 is 0.574 bits per heavy atom. The Morgan fingerprint density at radius 3 is 1.50 bits per heavy atom. The highest BCUT2D eigenvalue weighted by molar-refractivity contribution is 7.45. The molecule has 0 bridgehead atoms. The van der Waals surface area contributed by atoms with Crippen LogP contribution in [0.25, 0.3) is 0 Å². The number of phosphoric acid groups is 1. The van der Waals surface area contributed by atoms with Gasteiger partial charge >= 0.3 is 11.9 Å². The van der Waals surface area contributed by atoms with Gasteiger partial charge in [0.05, 0.1) is 27.7 Å². The SMILES string of the molecule is CCCCC/C=C\C/C=C\CCCCCCCC(=O)OC[C@H](COP(=O)([O-])OCC[N+](C)(C)C)OC(=O)CCCCCCCCCCCCCCCCC. The molecule has 318 valence electrons. The van der Waals surface area contributed by atoms with Gasteiger partial charge in [0.15, 0.2) is 6.10 Å². The zero-order chi connectivity index (χ0) is 40.0. The van der Waals surface area contributed by atoms with Crippen molar-refractivity contribution in [3.8, 4) is 0 Å². The predicted molar refractivity (Wildman–Crippen MR) is 222 cm³/mol. The van der Waals surface area contributed by atoms with Gasteiger partial charge in [-0.2, -0.15) is 0 Å². The van der Waals surface area contributed by atoms with Crippen molar-refractivity contribution < 1.29 is 42.1 Å². The average molecular weight is 786 g/mol. The third-order valence-electron chi connectivity index (χ3n) is 9.47. The fraction of sp³-hybridized carbons (Fsp3) is 0.864. The van der Waals surface area contributed by atoms with Gasteiger partial charge in [0, 0.05) is 12.8 Å². The number of quaternary nitrogens is 1. The molecule has 0 aliphatic carbocycles. The van der Waals surface area contributed by atoms with Crippen LogP contribution in [0.15, 0.2) is 24.3 Å². The Labute approximate surface area is 332 Å². The smallest absolute Gasteiger partial charge is 0.306 e. The molecule has 2 atom stereocenters. The van der Waals surface area contributed by atoms with Crippen molar-refractivity contribution in [3.05, 3.63) is 24.3 Å². The molecule has 0 spiro atoms. The quantitative estimate of drug-likeness (QED) is 0.0198. The molecular weight excluding hydrogens is 701 g/mol. The largest absolute Gasteiger partial charge is 0.756 e. The summed E-state index contributed by atoms with van der Waals surface area (Å²) in [6.07, 6.45) is 39.1.